The van der Waals surface area contributed by atoms with Crippen LogP contribution in [0, 0.1) is 0 Å². The predicted octanol–water partition coefficient (Wildman–Crippen LogP) is 3.50. The molecule has 2 N–H and O–H groups in total. The lowest BCUT2D eigenvalue weighted by atomic mass is 10.1. The highest BCUT2D eigenvalue weighted by Crippen LogP contribution is 2.25. The van der Waals surface area contributed by atoms with Crippen molar-refractivity contribution in [1.29, 1.82) is 0 Å². The van der Waals surface area contributed by atoms with E-state index in [1.807, 2.05) is 0 Å². The van der Waals surface area contributed by atoms with Crippen LogP contribution in [0.1, 0.15) is 35.9 Å². The number of amides is 1. The Morgan fingerprint density at radius 3 is 2.88 bits per heavy atom. The molecule has 1 aromatic carbocycles. The third-order valence-electron chi connectivity index (χ3n) is 4.01. The van der Waals surface area contributed by atoms with Gasteiger partial charge in [0.2, 0.25) is 0 Å². The maximum atomic E-state index is 12.4. The molecule has 1 amide bonds. The minimum atomic E-state index is -0.998. The summed E-state index contributed by atoms with van der Waals surface area (Å²) in [5, 5.41) is 12.4. The molecule has 0 saturated carbocycles. The summed E-state index contributed by atoms with van der Waals surface area (Å²) in [6.45, 7) is 2.64. The number of nitrogens with zero attached hydrogens (tertiary/aromatic N) is 1. The second-order valence-corrected chi connectivity index (χ2v) is 6.27. The molecular weight excluding hydrogens is 352 g/mol. The fraction of sp³-hybridized carbons (Fsp3) is 0.211. The number of unbranched alkanes of at least 4 members (excludes halogenated alkanes) is 1. The summed E-state index contributed by atoms with van der Waals surface area (Å²) in [6.07, 6.45) is 3.46. The van der Waals surface area contributed by atoms with Crippen molar-refractivity contribution in [2.45, 2.75) is 19.8 Å². The Morgan fingerprint density at radius 2 is 2.15 bits per heavy atom. The van der Waals surface area contributed by atoms with Gasteiger partial charge in [0, 0.05) is 18.2 Å². The molecule has 2 heterocycles. The monoisotopic (exact) mass is 370 g/mol. The van der Waals surface area contributed by atoms with E-state index in [9.17, 15) is 9.59 Å². The molecular formula is C19H18N2O4S. The number of carboxylic acid groups (broad SMARTS) is 1. The summed E-state index contributed by atoms with van der Waals surface area (Å²) in [4.78, 5) is 25.1. The average Bonchev–Trinajstić information content (AvgIpc) is 3.19. The van der Waals surface area contributed by atoms with E-state index in [1.165, 1.54) is 6.07 Å². The Kier molecular flexibility index (Phi) is 5.18. The van der Waals surface area contributed by atoms with Crippen LogP contribution in [0.3, 0.4) is 0 Å². The van der Waals surface area contributed by atoms with Gasteiger partial charge in [0.15, 0.2) is 5.11 Å². The first-order chi connectivity index (χ1) is 12.5. The van der Waals surface area contributed by atoms with E-state index < -0.39 is 5.97 Å². The molecule has 6 nitrogen and oxygen atoms in total. The number of furan rings is 1. The number of hydrogen-bond acceptors (Lipinski definition) is 4. The number of nitrogens with one attached hydrogen (secondary N) is 1. The molecule has 1 fully saturated rings. The quantitative estimate of drug-likeness (QED) is 0.598. The molecule has 7 heteroatoms. The normalized spacial score (nSPS) is 15.6. The second kappa shape index (κ2) is 7.53. The first-order valence-corrected chi connectivity index (χ1v) is 8.68. The molecule has 3 rings (SSSR count). The molecule has 1 aliphatic heterocycles. The lowest BCUT2D eigenvalue weighted by Gasteiger charge is -2.12. The molecule has 0 bridgehead atoms. The van der Waals surface area contributed by atoms with E-state index in [0.29, 0.717) is 34.4 Å². The first kappa shape index (κ1) is 17.9. The van der Waals surface area contributed by atoms with Crippen LogP contribution >= 0.6 is 12.2 Å². The van der Waals surface area contributed by atoms with Crippen molar-refractivity contribution >= 4 is 35.3 Å². The van der Waals surface area contributed by atoms with Crippen LogP contribution < -0.4 is 5.32 Å². The number of carboxylic acids is 1. The van der Waals surface area contributed by atoms with Crippen LogP contribution in [-0.4, -0.2) is 33.5 Å². The molecule has 0 radical (unpaired) electrons. The summed E-state index contributed by atoms with van der Waals surface area (Å²) in [5.74, 6) is -0.163. The van der Waals surface area contributed by atoms with E-state index in [4.69, 9.17) is 21.7 Å². The average molecular weight is 370 g/mol. The highest BCUT2D eigenvalue weighted by Gasteiger charge is 2.30. The number of thiocarbonyl (C=S) groups is 1. The van der Waals surface area contributed by atoms with E-state index in [2.05, 4.69) is 12.2 Å². The van der Waals surface area contributed by atoms with Crippen molar-refractivity contribution in [3.8, 4) is 11.3 Å². The Hall–Kier alpha value is -2.93. The van der Waals surface area contributed by atoms with Gasteiger partial charge in [-0.05, 0) is 42.9 Å². The summed E-state index contributed by atoms with van der Waals surface area (Å²) in [7, 11) is 0. The number of benzene rings is 1. The minimum absolute atomic E-state index is 0.172. The number of rotatable bonds is 6. The maximum Gasteiger partial charge on any atom is 0.335 e. The van der Waals surface area contributed by atoms with Crippen LogP contribution in [-0.2, 0) is 4.79 Å². The van der Waals surface area contributed by atoms with Gasteiger partial charge in [-0.25, -0.2) is 4.79 Å². The zero-order chi connectivity index (χ0) is 18.7. The van der Waals surface area contributed by atoms with Crippen LogP contribution in [0.25, 0.3) is 17.4 Å². The van der Waals surface area contributed by atoms with Gasteiger partial charge in [-0.1, -0.05) is 25.5 Å². The smallest absolute Gasteiger partial charge is 0.335 e. The highest BCUT2D eigenvalue weighted by molar-refractivity contribution is 7.80. The van der Waals surface area contributed by atoms with Gasteiger partial charge in [0.1, 0.15) is 17.2 Å². The van der Waals surface area contributed by atoms with Crippen molar-refractivity contribution in [3.63, 3.8) is 0 Å². The third kappa shape index (κ3) is 3.67. The molecule has 1 saturated heterocycles. The van der Waals surface area contributed by atoms with E-state index in [0.717, 1.165) is 12.8 Å². The molecule has 26 heavy (non-hydrogen) atoms. The van der Waals surface area contributed by atoms with Gasteiger partial charge in [0.25, 0.3) is 5.91 Å². The standard InChI is InChI=1S/C19H18N2O4S/c1-2-3-9-21-17(22)15(20-19(21)26)11-14-7-8-16(25-14)12-5-4-6-13(10-12)18(23)24/h4-8,10-11H,2-3,9H2,1H3,(H,20,26)(H,23,24)/b15-11-. The van der Waals surface area contributed by atoms with Gasteiger partial charge in [0.05, 0.1) is 5.56 Å². The van der Waals surface area contributed by atoms with Gasteiger partial charge in [-0.2, -0.15) is 0 Å². The van der Waals surface area contributed by atoms with Crippen molar-refractivity contribution < 1.29 is 19.1 Å². The van der Waals surface area contributed by atoms with Crippen molar-refractivity contribution in [2.24, 2.45) is 0 Å². The second-order valence-electron chi connectivity index (χ2n) is 5.89. The Morgan fingerprint density at radius 1 is 1.35 bits per heavy atom. The van der Waals surface area contributed by atoms with Gasteiger partial charge in [-0.15, -0.1) is 0 Å². The molecule has 0 unspecified atom stereocenters. The fourth-order valence-corrected chi connectivity index (χ4v) is 2.91. The Bertz CT molecular complexity index is 900. The molecule has 0 aliphatic carbocycles. The minimum Gasteiger partial charge on any atom is -0.478 e. The van der Waals surface area contributed by atoms with Crippen molar-refractivity contribution in [1.82, 2.24) is 10.2 Å². The summed E-state index contributed by atoms with van der Waals surface area (Å²) >= 11 is 5.21. The number of hydrogen-bond donors (Lipinski definition) is 2. The SMILES string of the molecule is CCCCN1C(=O)/C(=C/c2ccc(-c3cccc(C(=O)O)c3)o2)NC1=S. The van der Waals surface area contributed by atoms with E-state index in [1.54, 1.807) is 41.3 Å². The summed E-state index contributed by atoms with van der Waals surface area (Å²) in [5.41, 5.74) is 1.20. The molecule has 2 aromatic rings. The predicted molar refractivity (Wildman–Crippen MR) is 101 cm³/mol. The molecule has 0 atom stereocenters. The van der Waals surface area contributed by atoms with Crippen LogP contribution in [0.2, 0.25) is 0 Å². The molecule has 1 aromatic heterocycles. The largest absolute Gasteiger partial charge is 0.478 e. The molecule has 134 valence electrons. The van der Waals surface area contributed by atoms with Gasteiger partial charge in [-0.3, -0.25) is 9.69 Å². The van der Waals surface area contributed by atoms with Crippen molar-refractivity contribution in [2.75, 3.05) is 6.54 Å². The van der Waals surface area contributed by atoms with Gasteiger partial charge < -0.3 is 14.8 Å². The third-order valence-corrected chi connectivity index (χ3v) is 4.33. The van der Waals surface area contributed by atoms with Crippen LogP contribution in [0.5, 0.6) is 0 Å². The first-order valence-electron chi connectivity index (χ1n) is 8.27. The molecule has 1 aliphatic rings. The summed E-state index contributed by atoms with van der Waals surface area (Å²) < 4.78 is 5.74. The zero-order valence-electron chi connectivity index (χ0n) is 14.2. The lowest BCUT2D eigenvalue weighted by molar-refractivity contribution is -0.122. The van der Waals surface area contributed by atoms with Crippen molar-refractivity contribution in [3.05, 3.63) is 53.4 Å². The fourth-order valence-electron chi connectivity index (χ4n) is 2.62. The van der Waals surface area contributed by atoms with Crippen LogP contribution in [0.15, 0.2) is 46.5 Å². The zero-order valence-corrected chi connectivity index (χ0v) is 15.0. The number of aromatic carboxylic acids is 1. The van der Waals surface area contributed by atoms with E-state index >= 15 is 0 Å². The Balaban J connectivity index is 1.81. The number of carbonyl (C=O) groups is 2. The summed E-state index contributed by atoms with van der Waals surface area (Å²) in [6, 6.07) is 9.94. The Labute approximate surface area is 156 Å². The topological polar surface area (TPSA) is 82.8 Å². The highest BCUT2D eigenvalue weighted by atomic mass is 32.1. The van der Waals surface area contributed by atoms with Gasteiger partial charge >= 0.3 is 5.97 Å². The number of carbonyl (C=O) groups excluding carboxylic acids is 1. The molecule has 0 spiro atoms. The van der Waals surface area contributed by atoms with E-state index in [-0.39, 0.29) is 11.5 Å². The maximum absolute atomic E-state index is 12.4. The lowest BCUT2D eigenvalue weighted by Crippen LogP contribution is -2.31. The van der Waals surface area contributed by atoms with Crippen LogP contribution in [0.4, 0.5) is 0 Å².